The Bertz CT molecular complexity index is 28.9. The van der Waals surface area contributed by atoms with Crippen LogP contribution in [0.4, 0.5) is 0 Å². The molecule has 0 aliphatic heterocycles. The van der Waals surface area contributed by atoms with Gasteiger partial charge in [0.2, 0.25) is 0 Å². The molecule has 0 unspecified atom stereocenters. The summed E-state index contributed by atoms with van der Waals surface area (Å²) in [4.78, 5) is 0. The zero-order chi connectivity index (χ0) is 5.54. The Hall–Kier alpha value is 0.270. The van der Waals surface area contributed by atoms with Crippen molar-refractivity contribution >= 4 is 11.8 Å². The minimum Gasteiger partial charge on any atom is -0.396 e. The third kappa shape index (κ3) is 6.27. The lowest BCUT2D eigenvalue weighted by atomic mass is 10.9. The number of aliphatic hydroxyl groups excluding tert-OH is 2. The molecule has 2 N–H and O–H groups in total. The van der Waals surface area contributed by atoms with E-state index in [9.17, 15) is 0 Å². The van der Waals surface area contributed by atoms with Crippen molar-refractivity contribution in [3.63, 3.8) is 0 Å². The fraction of sp³-hybridized carbons (Fsp3) is 1.00. The SMILES string of the molecule is OCCSC[14CH2]O. The first-order valence-electron chi connectivity index (χ1n) is 2.21. The van der Waals surface area contributed by atoms with E-state index in [0.29, 0.717) is 0 Å². The first-order chi connectivity index (χ1) is 3.41. The Morgan fingerprint density at radius 1 is 1.57 bits per heavy atom. The van der Waals surface area contributed by atoms with E-state index in [-0.39, 0.29) is 13.2 Å². The fourth-order valence-electron chi connectivity index (χ4n) is 0.231. The van der Waals surface area contributed by atoms with Crippen molar-refractivity contribution in [1.82, 2.24) is 0 Å². The van der Waals surface area contributed by atoms with E-state index >= 15 is 0 Å². The van der Waals surface area contributed by atoms with Crippen molar-refractivity contribution in [1.29, 1.82) is 0 Å². The van der Waals surface area contributed by atoms with Gasteiger partial charge in [-0.25, -0.2) is 0 Å². The molecule has 0 fully saturated rings. The molecule has 0 bridgehead atoms. The van der Waals surface area contributed by atoms with E-state index in [1.807, 2.05) is 0 Å². The summed E-state index contributed by atoms with van der Waals surface area (Å²) in [7, 11) is 0. The Morgan fingerprint density at radius 3 is 2.71 bits per heavy atom. The van der Waals surface area contributed by atoms with Crippen LogP contribution in [0.3, 0.4) is 0 Å². The second-order valence-corrected chi connectivity index (χ2v) is 2.28. The van der Waals surface area contributed by atoms with Crippen LogP contribution in [0.2, 0.25) is 0 Å². The molecule has 3 heteroatoms. The van der Waals surface area contributed by atoms with E-state index in [1.165, 1.54) is 0 Å². The normalized spacial score (nSPS) is 9.43. The lowest BCUT2D eigenvalue weighted by Crippen LogP contribution is -1.91. The van der Waals surface area contributed by atoms with Crippen LogP contribution in [0, 0.1) is 0 Å². The Labute approximate surface area is 47.5 Å². The zero-order valence-electron chi connectivity index (χ0n) is 4.13. The van der Waals surface area contributed by atoms with Gasteiger partial charge in [0.05, 0.1) is 13.2 Å². The van der Waals surface area contributed by atoms with Gasteiger partial charge < -0.3 is 10.2 Å². The highest BCUT2D eigenvalue weighted by Crippen LogP contribution is 1.94. The average molecular weight is 124 g/mol. The number of hydrogen-bond acceptors (Lipinski definition) is 3. The summed E-state index contributed by atoms with van der Waals surface area (Å²) >= 11 is 1.55. The molecule has 0 aromatic carbocycles. The predicted octanol–water partition coefficient (Wildman–Crippen LogP) is -0.296. The molecule has 7 heavy (non-hydrogen) atoms. The predicted molar refractivity (Wildman–Crippen MR) is 31.5 cm³/mol. The summed E-state index contributed by atoms with van der Waals surface area (Å²) in [6.07, 6.45) is 0. The van der Waals surface area contributed by atoms with Gasteiger partial charge in [0.1, 0.15) is 0 Å². The molecular weight excluding hydrogens is 114 g/mol. The van der Waals surface area contributed by atoms with Gasteiger partial charge in [-0.1, -0.05) is 0 Å². The Balaban J connectivity index is 2.45. The molecule has 0 atom stereocenters. The molecule has 0 rings (SSSR count). The number of hydrogen-bond donors (Lipinski definition) is 2. The lowest BCUT2D eigenvalue weighted by Gasteiger charge is -1.90. The van der Waals surface area contributed by atoms with Gasteiger partial charge in [0.25, 0.3) is 0 Å². The quantitative estimate of drug-likeness (QED) is 0.506. The minimum atomic E-state index is 0.213. The molecule has 0 saturated carbocycles. The van der Waals surface area contributed by atoms with Gasteiger partial charge in [-0.15, -0.1) is 0 Å². The molecule has 0 spiro atoms. The second kappa shape index (κ2) is 6.27. The second-order valence-electron chi connectivity index (χ2n) is 1.06. The van der Waals surface area contributed by atoms with Gasteiger partial charge in [-0.05, 0) is 0 Å². The van der Waals surface area contributed by atoms with Gasteiger partial charge in [-0.2, -0.15) is 11.8 Å². The molecule has 0 amide bonds. The Morgan fingerprint density at radius 2 is 2.29 bits per heavy atom. The molecule has 0 aromatic rings. The largest absolute Gasteiger partial charge is 0.396 e. The van der Waals surface area contributed by atoms with Gasteiger partial charge in [0.15, 0.2) is 0 Å². The van der Waals surface area contributed by atoms with Crippen LogP contribution in [0.15, 0.2) is 0 Å². The van der Waals surface area contributed by atoms with Crippen molar-refractivity contribution in [3.05, 3.63) is 0 Å². The highest BCUT2D eigenvalue weighted by Gasteiger charge is 1.81. The van der Waals surface area contributed by atoms with Crippen LogP contribution in [0.5, 0.6) is 0 Å². The summed E-state index contributed by atoms with van der Waals surface area (Å²) in [6, 6.07) is 0. The van der Waals surface area contributed by atoms with Crippen molar-refractivity contribution in [3.8, 4) is 0 Å². The number of aliphatic hydroxyl groups is 2. The molecule has 44 valence electrons. The van der Waals surface area contributed by atoms with Crippen LogP contribution in [0.1, 0.15) is 0 Å². The maximum atomic E-state index is 8.19. The summed E-state index contributed by atoms with van der Waals surface area (Å²) < 4.78 is 0. The van der Waals surface area contributed by atoms with Gasteiger partial charge in [0, 0.05) is 11.5 Å². The third-order valence-corrected chi connectivity index (χ3v) is 1.41. The monoisotopic (exact) mass is 124 g/mol. The maximum Gasteiger partial charge on any atom is 0.0521 e. The lowest BCUT2D eigenvalue weighted by molar-refractivity contribution is 0.318. The topological polar surface area (TPSA) is 40.5 Å². The van der Waals surface area contributed by atoms with E-state index < -0.39 is 0 Å². The summed E-state index contributed by atoms with van der Waals surface area (Å²) in [5.41, 5.74) is 0. The molecule has 2 nitrogen and oxygen atoms in total. The van der Waals surface area contributed by atoms with Crippen LogP contribution >= 0.6 is 11.8 Å². The molecular formula is C4H10O2S. The fourth-order valence-corrected chi connectivity index (χ4v) is 0.693. The molecule has 0 aliphatic rings. The first kappa shape index (κ1) is 7.27. The summed E-state index contributed by atoms with van der Waals surface area (Å²) in [5, 5.41) is 16.4. The minimum absolute atomic E-state index is 0.213. The highest BCUT2D eigenvalue weighted by molar-refractivity contribution is 7.99. The van der Waals surface area contributed by atoms with E-state index in [1.54, 1.807) is 11.8 Å². The molecule has 0 heterocycles. The smallest absolute Gasteiger partial charge is 0.0521 e. The molecule has 0 radical (unpaired) electrons. The molecule has 0 aliphatic carbocycles. The standard InChI is InChI=1S/C4H10O2S/c5-1-3-7-4-2-6/h5-6H,1-4H2/i1+2. The van der Waals surface area contributed by atoms with E-state index in [0.717, 1.165) is 11.5 Å². The van der Waals surface area contributed by atoms with Crippen LogP contribution < -0.4 is 0 Å². The van der Waals surface area contributed by atoms with Gasteiger partial charge in [-0.3, -0.25) is 0 Å². The number of rotatable bonds is 4. The van der Waals surface area contributed by atoms with E-state index in [2.05, 4.69) is 0 Å². The number of thioether (sulfide) groups is 1. The van der Waals surface area contributed by atoms with Gasteiger partial charge >= 0.3 is 0 Å². The van der Waals surface area contributed by atoms with Crippen LogP contribution in [-0.4, -0.2) is 34.9 Å². The van der Waals surface area contributed by atoms with Crippen LogP contribution in [0.25, 0.3) is 0 Å². The van der Waals surface area contributed by atoms with Crippen molar-refractivity contribution < 1.29 is 10.2 Å². The Kier molecular flexibility index (Phi) is 6.51. The first-order valence-corrected chi connectivity index (χ1v) is 3.36. The molecule has 0 saturated heterocycles. The van der Waals surface area contributed by atoms with Crippen LogP contribution in [-0.2, 0) is 0 Å². The average Bonchev–Trinajstić information content (AvgIpc) is 1.69. The van der Waals surface area contributed by atoms with Crippen molar-refractivity contribution in [2.75, 3.05) is 24.7 Å². The van der Waals surface area contributed by atoms with Crippen molar-refractivity contribution in [2.24, 2.45) is 0 Å². The summed E-state index contributed by atoms with van der Waals surface area (Å²) in [5.74, 6) is 1.47. The highest BCUT2D eigenvalue weighted by atomic mass is 32.2. The summed E-state index contributed by atoms with van der Waals surface area (Å²) in [6.45, 7) is 0.426. The third-order valence-electron chi connectivity index (χ3n) is 0.471. The molecule has 0 aromatic heterocycles. The van der Waals surface area contributed by atoms with E-state index in [4.69, 9.17) is 10.2 Å². The maximum absolute atomic E-state index is 8.19. The zero-order valence-corrected chi connectivity index (χ0v) is 4.95. The van der Waals surface area contributed by atoms with Crippen molar-refractivity contribution in [2.45, 2.75) is 0 Å².